The van der Waals surface area contributed by atoms with E-state index in [0.29, 0.717) is 0 Å². The number of nitrogens with zero attached hydrogens (tertiary/aromatic N) is 1. The Kier molecular flexibility index (Phi) is 1.66. The van der Waals surface area contributed by atoms with Crippen molar-refractivity contribution in [2.75, 3.05) is 0 Å². The van der Waals surface area contributed by atoms with Crippen molar-refractivity contribution in [1.82, 2.24) is 4.98 Å². The largest absolute Gasteiger partial charge is 0.506 e. The van der Waals surface area contributed by atoms with Gasteiger partial charge in [0, 0.05) is 6.07 Å². The van der Waals surface area contributed by atoms with E-state index >= 15 is 0 Å². The number of pyridine rings is 1. The van der Waals surface area contributed by atoms with Crippen molar-refractivity contribution < 1.29 is 9.50 Å². The minimum absolute atomic E-state index is 0.111. The molecule has 0 radical (unpaired) electrons. The topological polar surface area (TPSA) is 33.1 Å². The fraction of sp³-hybridized carbons (Fsp3) is 0. The van der Waals surface area contributed by atoms with E-state index in [0.717, 1.165) is 12.3 Å². The molecule has 0 bridgehead atoms. The quantitative estimate of drug-likeness (QED) is 0.634. The zero-order valence-electron chi connectivity index (χ0n) is 4.31. The first-order valence-corrected chi connectivity index (χ1v) is 2.99. The van der Waals surface area contributed by atoms with Gasteiger partial charge in [0.15, 0.2) is 5.82 Å². The number of aromatic nitrogens is 1. The van der Waals surface area contributed by atoms with Crippen LogP contribution in [-0.2, 0) is 0 Å². The smallest absolute Gasteiger partial charge is 0.159 e. The molecule has 0 unspecified atom stereocenters. The molecule has 0 aromatic carbocycles. The standard InChI is InChI=1S/C5H3BrFNO/c6-5-4(7)1-3(9)2-8-5/h1-2,9H. The monoisotopic (exact) mass is 191 g/mol. The maximum absolute atomic E-state index is 12.3. The van der Waals surface area contributed by atoms with E-state index in [1.165, 1.54) is 0 Å². The van der Waals surface area contributed by atoms with E-state index in [-0.39, 0.29) is 10.4 Å². The zero-order valence-corrected chi connectivity index (χ0v) is 5.89. The summed E-state index contributed by atoms with van der Waals surface area (Å²) in [6.07, 6.45) is 1.16. The molecule has 0 spiro atoms. The predicted molar refractivity (Wildman–Crippen MR) is 33.6 cm³/mol. The van der Waals surface area contributed by atoms with Gasteiger partial charge in [-0.3, -0.25) is 0 Å². The lowest BCUT2D eigenvalue weighted by Gasteiger charge is -1.91. The summed E-state index contributed by atoms with van der Waals surface area (Å²) in [6, 6.07) is 0.983. The van der Waals surface area contributed by atoms with E-state index < -0.39 is 5.82 Å². The molecule has 1 N–H and O–H groups in total. The lowest BCUT2D eigenvalue weighted by molar-refractivity contribution is 0.464. The van der Waals surface area contributed by atoms with Crippen LogP contribution in [0.15, 0.2) is 16.9 Å². The molecule has 0 saturated carbocycles. The molecule has 1 aromatic rings. The van der Waals surface area contributed by atoms with Crippen molar-refractivity contribution in [2.24, 2.45) is 0 Å². The second kappa shape index (κ2) is 2.31. The van der Waals surface area contributed by atoms with E-state index in [9.17, 15) is 4.39 Å². The molecule has 4 heteroatoms. The molecule has 0 aliphatic rings. The molecule has 1 aromatic heterocycles. The van der Waals surface area contributed by atoms with Crippen LogP contribution in [0.4, 0.5) is 4.39 Å². The first-order valence-electron chi connectivity index (χ1n) is 2.20. The highest BCUT2D eigenvalue weighted by Crippen LogP contribution is 2.15. The molecule has 2 nitrogen and oxygen atoms in total. The number of aromatic hydroxyl groups is 1. The summed E-state index contributed by atoms with van der Waals surface area (Å²) in [7, 11) is 0. The van der Waals surface area contributed by atoms with E-state index in [4.69, 9.17) is 5.11 Å². The van der Waals surface area contributed by atoms with Gasteiger partial charge in [-0.2, -0.15) is 0 Å². The molecular weight excluding hydrogens is 189 g/mol. The Labute approximate surface area is 59.5 Å². The van der Waals surface area contributed by atoms with Crippen molar-refractivity contribution in [3.8, 4) is 5.75 Å². The Morgan fingerprint density at radius 1 is 1.67 bits per heavy atom. The van der Waals surface area contributed by atoms with Crippen molar-refractivity contribution in [2.45, 2.75) is 0 Å². The van der Waals surface area contributed by atoms with E-state index in [1.807, 2.05) is 0 Å². The summed E-state index contributed by atoms with van der Waals surface area (Å²) in [4.78, 5) is 3.47. The lowest BCUT2D eigenvalue weighted by Crippen LogP contribution is -1.79. The highest BCUT2D eigenvalue weighted by molar-refractivity contribution is 9.10. The molecule has 0 aliphatic heterocycles. The van der Waals surface area contributed by atoms with Crippen molar-refractivity contribution in [1.29, 1.82) is 0 Å². The summed E-state index contributed by atoms with van der Waals surface area (Å²) >= 11 is 2.83. The van der Waals surface area contributed by atoms with Gasteiger partial charge in [0.1, 0.15) is 10.4 Å². The molecule has 0 amide bonds. The first-order chi connectivity index (χ1) is 4.20. The highest BCUT2D eigenvalue weighted by atomic mass is 79.9. The van der Waals surface area contributed by atoms with Gasteiger partial charge in [0.2, 0.25) is 0 Å². The van der Waals surface area contributed by atoms with E-state index in [2.05, 4.69) is 20.9 Å². The zero-order chi connectivity index (χ0) is 6.85. The van der Waals surface area contributed by atoms with Crippen LogP contribution in [0.25, 0.3) is 0 Å². The number of rotatable bonds is 0. The molecule has 0 fully saturated rings. The van der Waals surface area contributed by atoms with Crippen LogP contribution in [0.5, 0.6) is 5.75 Å². The van der Waals surface area contributed by atoms with Gasteiger partial charge in [-0.25, -0.2) is 9.37 Å². The fourth-order valence-corrected chi connectivity index (χ4v) is 0.628. The second-order valence-electron chi connectivity index (χ2n) is 1.47. The van der Waals surface area contributed by atoms with Crippen LogP contribution in [0.1, 0.15) is 0 Å². The summed E-state index contributed by atoms with van der Waals surface area (Å²) in [5.74, 6) is -0.731. The minimum Gasteiger partial charge on any atom is -0.506 e. The first kappa shape index (κ1) is 6.48. The van der Waals surface area contributed by atoms with Gasteiger partial charge in [-0.1, -0.05) is 0 Å². The second-order valence-corrected chi connectivity index (χ2v) is 2.22. The van der Waals surface area contributed by atoms with Crippen LogP contribution >= 0.6 is 15.9 Å². The van der Waals surface area contributed by atoms with Gasteiger partial charge in [0.25, 0.3) is 0 Å². The third-order valence-corrected chi connectivity index (χ3v) is 1.37. The Balaban J connectivity index is 3.17. The summed E-state index contributed by atoms with van der Waals surface area (Å²) < 4.78 is 12.4. The van der Waals surface area contributed by atoms with Gasteiger partial charge in [0.05, 0.1) is 6.20 Å². The molecule has 0 saturated heterocycles. The molecule has 48 valence electrons. The number of halogens is 2. The van der Waals surface area contributed by atoms with Gasteiger partial charge < -0.3 is 5.11 Å². The predicted octanol–water partition coefficient (Wildman–Crippen LogP) is 1.69. The normalized spacial score (nSPS) is 9.56. The molecule has 9 heavy (non-hydrogen) atoms. The summed E-state index contributed by atoms with van der Waals surface area (Å²) in [6.45, 7) is 0. The van der Waals surface area contributed by atoms with Crippen LogP contribution in [-0.4, -0.2) is 10.1 Å². The average molecular weight is 192 g/mol. The SMILES string of the molecule is Oc1cnc(Br)c(F)c1. The highest BCUT2D eigenvalue weighted by Gasteiger charge is 1.98. The van der Waals surface area contributed by atoms with Crippen LogP contribution in [0.3, 0.4) is 0 Å². The van der Waals surface area contributed by atoms with Gasteiger partial charge >= 0.3 is 0 Å². The summed E-state index contributed by atoms with van der Waals surface area (Å²) in [5.41, 5.74) is 0. The maximum atomic E-state index is 12.3. The Morgan fingerprint density at radius 2 is 2.33 bits per heavy atom. The molecule has 0 aliphatic carbocycles. The third-order valence-electron chi connectivity index (χ3n) is 0.782. The van der Waals surface area contributed by atoms with E-state index in [1.54, 1.807) is 0 Å². The molecule has 1 rings (SSSR count). The third kappa shape index (κ3) is 1.38. The Hall–Kier alpha value is -0.640. The maximum Gasteiger partial charge on any atom is 0.159 e. The van der Waals surface area contributed by atoms with Crippen molar-refractivity contribution in [3.63, 3.8) is 0 Å². The average Bonchev–Trinajstić information content (AvgIpc) is 1.80. The molecule has 1 heterocycles. The van der Waals surface area contributed by atoms with Gasteiger partial charge in [-0.05, 0) is 15.9 Å². The number of hydrogen-bond donors (Lipinski definition) is 1. The van der Waals surface area contributed by atoms with Crippen LogP contribution < -0.4 is 0 Å². The lowest BCUT2D eigenvalue weighted by atomic mass is 10.4. The fourth-order valence-electron chi connectivity index (χ4n) is 0.411. The van der Waals surface area contributed by atoms with Crippen molar-refractivity contribution >= 4 is 15.9 Å². The Bertz CT molecular complexity index is 228. The molecule has 0 atom stereocenters. The minimum atomic E-state index is -0.560. The van der Waals surface area contributed by atoms with Crippen molar-refractivity contribution in [3.05, 3.63) is 22.7 Å². The molecular formula is C5H3BrFNO. The number of hydrogen-bond acceptors (Lipinski definition) is 2. The van der Waals surface area contributed by atoms with Crippen LogP contribution in [0, 0.1) is 5.82 Å². The Morgan fingerprint density at radius 3 is 2.78 bits per heavy atom. The summed E-state index contributed by atoms with van der Waals surface area (Å²) in [5, 5.41) is 8.61. The van der Waals surface area contributed by atoms with Crippen LogP contribution in [0.2, 0.25) is 0 Å². The van der Waals surface area contributed by atoms with Gasteiger partial charge in [-0.15, -0.1) is 0 Å².